The molecule has 7 heteroatoms. The highest BCUT2D eigenvalue weighted by Crippen LogP contribution is 2.25. The molecule has 166 valence electrons. The minimum atomic E-state index is -0.770. The van der Waals surface area contributed by atoms with Crippen LogP contribution in [0.2, 0.25) is 0 Å². The Labute approximate surface area is 187 Å². The lowest BCUT2D eigenvalue weighted by Crippen LogP contribution is -2.43. The maximum Gasteiger partial charge on any atom is 0.354 e. The third-order valence-electron chi connectivity index (χ3n) is 5.76. The van der Waals surface area contributed by atoms with E-state index in [1.54, 1.807) is 80.0 Å². The van der Waals surface area contributed by atoms with Gasteiger partial charge in [0.25, 0.3) is 5.91 Å². The van der Waals surface area contributed by atoms with E-state index < -0.39 is 12.0 Å². The Balaban J connectivity index is 2.03. The molecule has 0 saturated carbocycles. The number of benzene rings is 1. The minimum Gasteiger partial charge on any atom is -0.464 e. The Bertz CT molecular complexity index is 1140. The first-order valence-electron chi connectivity index (χ1n) is 10.3. The molecule has 32 heavy (non-hydrogen) atoms. The summed E-state index contributed by atoms with van der Waals surface area (Å²) in [4.78, 5) is 45.0. The van der Waals surface area contributed by atoms with Crippen molar-refractivity contribution in [3.63, 3.8) is 0 Å². The molecule has 0 radical (unpaired) electrons. The highest BCUT2D eigenvalue weighted by Gasteiger charge is 2.32. The molecule has 0 spiro atoms. The van der Waals surface area contributed by atoms with Crippen molar-refractivity contribution in [2.24, 2.45) is 7.05 Å². The van der Waals surface area contributed by atoms with E-state index in [0.717, 1.165) is 5.56 Å². The molecule has 0 aliphatic heterocycles. The zero-order valence-electron chi connectivity index (χ0n) is 19.0. The second kappa shape index (κ2) is 9.60. The molecule has 1 amide bonds. The van der Waals surface area contributed by atoms with Gasteiger partial charge in [0, 0.05) is 42.8 Å². The van der Waals surface area contributed by atoms with Gasteiger partial charge in [-0.05, 0) is 50.1 Å². The van der Waals surface area contributed by atoms with E-state index >= 15 is 0 Å². The van der Waals surface area contributed by atoms with Crippen LogP contribution in [0.15, 0.2) is 54.9 Å². The van der Waals surface area contributed by atoms with Gasteiger partial charge in [-0.1, -0.05) is 24.3 Å². The molecule has 0 aliphatic rings. The number of amides is 1. The molecule has 0 fully saturated rings. The molecule has 3 rings (SSSR count). The van der Waals surface area contributed by atoms with Crippen LogP contribution in [-0.2, 0) is 18.3 Å². The van der Waals surface area contributed by atoms with E-state index in [2.05, 4.69) is 4.98 Å². The highest BCUT2D eigenvalue weighted by molar-refractivity contribution is 6.07. The van der Waals surface area contributed by atoms with Crippen molar-refractivity contribution in [3.05, 3.63) is 88.5 Å². The van der Waals surface area contributed by atoms with Crippen LogP contribution in [0.5, 0.6) is 0 Å². The molecule has 1 atom stereocenters. The topological polar surface area (TPSA) is 81.5 Å². The lowest BCUT2D eigenvalue weighted by Gasteiger charge is -2.29. The monoisotopic (exact) mass is 433 g/mol. The van der Waals surface area contributed by atoms with Crippen molar-refractivity contribution in [2.45, 2.75) is 33.4 Å². The number of methoxy groups -OCH3 is 1. The van der Waals surface area contributed by atoms with Crippen LogP contribution in [0.4, 0.5) is 0 Å². The summed E-state index contributed by atoms with van der Waals surface area (Å²) in [6.07, 6.45) is 3.34. The van der Waals surface area contributed by atoms with Gasteiger partial charge in [0.05, 0.1) is 13.2 Å². The van der Waals surface area contributed by atoms with E-state index in [-0.39, 0.29) is 18.2 Å². The van der Waals surface area contributed by atoms with Crippen molar-refractivity contribution in [1.29, 1.82) is 0 Å². The Morgan fingerprint density at radius 1 is 1.09 bits per heavy atom. The smallest absolute Gasteiger partial charge is 0.354 e. The number of ether oxygens (including phenoxy) is 1. The second-order valence-corrected chi connectivity index (χ2v) is 7.69. The summed E-state index contributed by atoms with van der Waals surface area (Å²) in [5.41, 5.74) is 3.25. The van der Waals surface area contributed by atoms with Gasteiger partial charge in [-0.3, -0.25) is 14.6 Å². The van der Waals surface area contributed by atoms with E-state index in [0.29, 0.717) is 28.1 Å². The van der Waals surface area contributed by atoms with E-state index in [9.17, 15) is 14.4 Å². The Kier molecular flexibility index (Phi) is 6.88. The molecule has 0 N–H and O–H groups in total. The molecule has 1 unspecified atom stereocenters. The van der Waals surface area contributed by atoms with Crippen molar-refractivity contribution in [2.75, 3.05) is 7.11 Å². The fraction of sp³-hybridized carbons (Fsp3) is 0.280. The number of pyridine rings is 1. The third kappa shape index (κ3) is 4.32. The fourth-order valence-electron chi connectivity index (χ4n) is 3.90. The summed E-state index contributed by atoms with van der Waals surface area (Å²) in [5, 5.41) is 0. The fourth-order valence-corrected chi connectivity index (χ4v) is 3.90. The zero-order chi connectivity index (χ0) is 23.4. The number of hydrogen-bond acceptors (Lipinski definition) is 5. The van der Waals surface area contributed by atoms with Crippen molar-refractivity contribution in [1.82, 2.24) is 14.5 Å². The van der Waals surface area contributed by atoms with Gasteiger partial charge in [-0.2, -0.15) is 0 Å². The molecule has 0 aliphatic carbocycles. The minimum absolute atomic E-state index is 0.225. The SMILES string of the molecule is COC(=O)c1c(C)c(C(=O)C(C)N(Cc2cccnc2)C(=O)c2ccccc2)c(C)n1C. The lowest BCUT2D eigenvalue weighted by molar-refractivity contribution is 0.0587. The number of rotatable bonds is 7. The molecular weight excluding hydrogens is 406 g/mol. The molecule has 1 aromatic carbocycles. The number of nitrogens with zero attached hydrogens (tertiary/aromatic N) is 3. The Morgan fingerprint density at radius 2 is 1.78 bits per heavy atom. The number of ketones is 1. The van der Waals surface area contributed by atoms with Gasteiger partial charge < -0.3 is 14.2 Å². The maximum absolute atomic E-state index is 13.7. The zero-order valence-corrected chi connectivity index (χ0v) is 19.0. The van der Waals surface area contributed by atoms with Gasteiger partial charge in [-0.25, -0.2) is 4.79 Å². The van der Waals surface area contributed by atoms with Crippen LogP contribution >= 0.6 is 0 Å². The van der Waals surface area contributed by atoms with Gasteiger partial charge in [0.1, 0.15) is 5.69 Å². The predicted octanol–water partition coefficient (Wildman–Crippen LogP) is 3.74. The van der Waals surface area contributed by atoms with E-state index in [4.69, 9.17) is 4.74 Å². The van der Waals surface area contributed by atoms with Crippen LogP contribution < -0.4 is 0 Å². The molecule has 7 nitrogen and oxygen atoms in total. The summed E-state index contributed by atoms with van der Waals surface area (Å²) in [6.45, 7) is 5.44. The summed E-state index contributed by atoms with van der Waals surface area (Å²) >= 11 is 0. The lowest BCUT2D eigenvalue weighted by atomic mass is 9.99. The van der Waals surface area contributed by atoms with E-state index in [1.807, 2.05) is 12.1 Å². The number of esters is 1. The van der Waals surface area contributed by atoms with Gasteiger partial charge >= 0.3 is 5.97 Å². The number of hydrogen-bond donors (Lipinski definition) is 0. The van der Waals surface area contributed by atoms with Gasteiger partial charge in [-0.15, -0.1) is 0 Å². The largest absolute Gasteiger partial charge is 0.464 e. The Morgan fingerprint density at radius 3 is 2.38 bits per heavy atom. The first kappa shape index (κ1) is 22.9. The number of aromatic nitrogens is 2. The number of Topliss-reactive ketones (excluding diaryl/α,β-unsaturated/α-hetero) is 1. The molecule has 2 aromatic heterocycles. The van der Waals surface area contributed by atoms with Crippen molar-refractivity contribution >= 4 is 17.7 Å². The van der Waals surface area contributed by atoms with Crippen molar-refractivity contribution in [3.8, 4) is 0 Å². The summed E-state index contributed by atoms with van der Waals surface area (Å²) in [5.74, 6) is -0.999. The molecule has 0 saturated heterocycles. The van der Waals surface area contributed by atoms with E-state index in [1.165, 1.54) is 7.11 Å². The molecule has 3 aromatic rings. The average Bonchev–Trinajstić information content (AvgIpc) is 3.04. The number of carbonyl (C=O) groups is 3. The quantitative estimate of drug-likeness (QED) is 0.419. The van der Waals surface area contributed by atoms with Gasteiger partial charge in [0.2, 0.25) is 0 Å². The van der Waals surface area contributed by atoms with Crippen LogP contribution in [0.3, 0.4) is 0 Å². The normalized spacial score (nSPS) is 11.7. The average molecular weight is 434 g/mol. The molecule has 0 bridgehead atoms. The summed E-state index contributed by atoms with van der Waals surface area (Å²) < 4.78 is 6.54. The first-order chi connectivity index (χ1) is 15.3. The van der Waals surface area contributed by atoms with Crippen LogP contribution in [0, 0.1) is 13.8 Å². The second-order valence-electron chi connectivity index (χ2n) is 7.69. The maximum atomic E-state index is 13.7. The van der Waals surface area contributed by atoms with Gasteiger partial charge in [0.15, 0.2) is 5.78 Å². The summed E-state index contributed by atoms with van der Waals surface area (Å²) in [6, 6.07) is 11.8. The highest BCUT2D eigenvalue weighted by atomic mass is 16.5. The Hall–Kier alpha value is -3.74. The summed E-state index contributed by atoms with van der Waals surface area (Å²) in [7, 11) is 3.03. The van der Waals surface area contributed by atoms with Crippen LogP contribution in [0.25, 0.3) is 0 Å². The number of carbonyl (C=O) groups excluding carboxylic acids is 3. The van der Waals surface area contributed by atoms with Crippen LogP contribution in [-0.4, -0.2) is 45.3 Å². The molecular formula is C25H27N3O4. The van der Waals surface area contributed by atoms with Crippen molar-refractivity contribution < 1.29 is 19.1 Å². The first-order valence-corrected chi connectivity index (χ1v) is 10.3. The third-order valence-corrected chi connectivity index (χ3v) is 5.76. The van der Waals surface area contributed by atoms with Crippen LogP contribution in [0.1, 0.15) is 54.9 Å². The predicted molar refractivity (Wildman–Crippen MR) is 121 cm³/mol. The standard InChI is InChI=1S/C25H27N3O4/c1-16-21(17(2)27(4)22(16)25(31)32-5)23(29)18(3)28(15-19-10-9-13-26-14-19)24(30)20-11-7-6-8-12-20/h6-14,18H,15H2,1-5H3. The molecule has 2 heterocycles.